The van der Waals surface area contributed by atoms with Gasteiger partial charge in [-0.1, -0.05) is 29.8 Å². The zero-order valence-corrected chi connectivity index (χ0v) is 10.8. The summed E-state index contributed by atoms with van der Waals surface area (Å²) in [5.74, 6) is 0. The molecule has 2 nitrogen and oxygen atoms in total. The van der Waals surface area contributed by atoms with Gasteiger partial charge in [0.2, 0.25) is 0 Å². The average Bonchev–Trinajstić information content (AvgIpc) is 2.15. The summed E-state index contributed by atoms with van der Waals surface area (Å²) in [6.07, 6.45) is 0. The van der Waals surface area contributed by atoms with E-state index in [2.05, 4.69) is 57.3 Å². The summed E-state index contributed by atoms with van der Waals surface area (Å²) in [4.78, 5) is 0. The van der Waals surface area contributed by atoms with E-state index in [0.29, 0.717) is 0 Å². The molecule has 90 valence electrons. The summed E-state index contributed by atoms with van der Waals surface area (Å²) in [7, 11) is 0. The first kappa shape index (κ1) is 13.2. The quantitative estimate of drug-likeness (QED) is 0.772. The Hall–Kier alpha value is -0.860. The fraction of sp³-hybridized carbons (Fsp3) is 0.571. The van der Waals surface area contributed by atoms with Crippen LogP contribution in [0.1, 0.15) is 31.9 Å². The monoisotopic (exact) mass is 221 g/mol. The Morgan fingerprint density at radius 3 is 2.62 bits per heavy atom. The van der Waals surface area contributed by atoms with E-state index in [4.69, 9.17) is 4.74 Å². The molecule has 0 aromatic heterocycles. The molecule has 0 aliphatic heterocycles. The molecule has 0 aliphatic rings. The largest absolute Gasteiger partial charge is 0.375 e. The third-order valence-electron chi connectivity index (χ3n) is 2.23. The van der Waals surface area contributed by atoms with Gasteiger partial charge in [-0.3, -0.25) is 0 Å². The van der Waals surface area contributed by atoms with Crippen LogP contribution in [-0.4, -0.2) is 18.8 Å². The van der Waals surface area contributed by atoms with Crippen LogP contribution >= 0.6 is 0 Å². The van der Waals surface area contributed by atoms with Crippen LogP contribution < -0.4 is 5.32 Å². The van der Waals surface area contributed by atoms with E-state index >= 15 is 0 Å². The summed E-state index contributed by atoms with van der Waals surface area (Å²) in [5, 5.41) is 3.38. The van der Waals surface area contributed by atoms with E-state index in [9.17, 15) is 0 Å². The third kappa shape index (κ3) is 5.89. The van der Waals surface area contributed by atoms with Gasteiger partial charge >= 0.3 is 0 Å². The van der Waals surface area contributed by atoms with Gasteiger partial charge in [-0.25, -0.2) is 0 Å². The highest BCUT2D eigenvalue weighted by molar-refractivity contribution is 5.21. The normalized spacial score (nSPS) is 11.8. The van der Waals surface area contributed by atoms with Crippen LogP contribution in [0.25, 0.3) is 0 Å². The van der Waals surface area contributed by atoms with E-state index in [1.165, 1.54) is 11.1 Å². The SMILES string of the molecule is Cc1cccc(CNCCOC(C)(C)C)c1. The molecule has 0 unspecified atom stereocenters. The summed E-state index contributed by atoms with van der Waals surface area (Å²) in [5.41, 5.74) is 2.60. The van der Waals surface area contributed by atoms with Crippen molar-refractivity contribution in [2.45, 2.75) is 39.8 Å². The molecule has 1 rings (SSSR count). The minimum Gasteiger partial charge on any atom is -0.375 e. The lowest BCUT2D eigenvalue weighted by atomic mass is 10.1. The number of nitrogens with one attached hydrogen (secondary N) is 1. The van der Waals surface area contributed by atoms with Gasteiger partial charge in [0.25, 0.3) is 0 Å². The van der Waals surface area contributed by atoms with Crippen LogP contribution in [0.15, 0.2) is 24.3 Å². The number of hydrogen-bond acceptors (Lipinski definition) is 2. The minimum absolute atomic E-state index is 0.0367. The molecule has 1 N–H and O–H groups in total. The van der Waals surface area contributed by atoms with Gasteiger partial charge in [0.05, 0.1) is 12.2 Å². The molecular weight excluding hydrogens is 198 g/mol. The highest BCUT2D eigenvalue weighted by atomic mass is 16.5. The van der Waals surface area contributed by atoms with Crippen molar-refractivity contribution in [3.05, 3.63) is 35.4 Å². The molecule has 0 atom stereocenters. The van der Waals surface area contributed by atoms with Gasteiger partial charge in [0, 0.05) is 13.1 Å². The first-order valence-corrected chi connectivity index (χ1v) is 5.87. The van der Waals surface area contributed by atoms with Crippen molar-refractivity contribution in [2.24, 2.45) is 0 Å². The van der Waals surface area contributed by atoms with E-state index in [0.717, 1.165) is 19.7 Å². The van der Waals surface area contributed by atoms with Gasteiger partial charge < -0.3 is 10.1 Å². The predicted octanol–water partition coefficient (Wildman–Crippen LogP) is 2.90. The summed E-state index contributed by atoms with van der Waals surface area (Å²) < 4.78 is 5.63. The van der Waals surface area contributed by atoms with E-state index in [-0.39, 0.29) is 5.60 Å². The second-order valence-corrected chi connectivity index (χ2v) is 5.13. The second kappa shape index (κ2) is 6.02. The maximum atomic E-state index is 5.63. The maximum absolute atomic E-state index is 5.63. The molecule has 0 bridgehead atoms. The zero-order valence-electron chi connectivity index (χ0n) is 10.8. The number of aryl methyl sites for hydroxylation is 1. The van der Waals surface area contributed by atoms with Crippen LogP contribution in [-0.2, 0) is 11.3 Å². The molecule has 0 amide bonds. The van der Waals surface area contributed by atoms with E-state index in [1.807, 2.05) is 0 Å². The predicted molar refractivity (Wildman–Crippen MR) is 68.6 cm³/mol. The Bertz CT molecular complexity index is 315. The molecule has 0 heterocycles. The number of ether oxygens (including phenoxy) is 1. The summed E-state index contributed by atoms with van der Waals surface area (Å²) in [6, 6.07) is 8.56. The molecule has 0 saturated heterocycles. The summed E-state index contributed by atoms with van der Waals surface area (Å²) in [6.45, 7) is 10.9. The minimum atomic E-state index is -0.0367. The van der Waals surface area contributed by atoms with Gasteiger partial charge in [-0.2, -0.15) is 0 Å². The fourth-order valence-electron chi connectivity index (χ4n) is 1.48. The lowest BCUT2D eigenvalue weighted by molar-refractivity contribution is -0.000884. The number of benzene rings is 1. The molecule has 0 radical (unpaired) electrons. The standard InChI is InChI=1S/C14H23NO/c1-12-6-5-7-13(10-12)11-15-8-9-16-14(2,3)4/h5-7,10,15H,8-9,11H2,1-4H3. The van der Waals surface area contributed by atoms with Gasteiger partial charge in [0.1, 0.15) is 0 Å². The zero-order chi connectivity index (χ0) is 12.0. The Kier molecular flexibility index (Phi) is 4.97. The number of hydrogen-bond donors (Lipinski definition) is 1. The molecule has 2 heteroatoms. The molecule has 1 aromatic rings. The van der Waals surface area contributed by atoms with E-state index < -0.39 is 0 Å². The Labute approximate surface area is 99.0 Å². The van der Waals surface area contributed by atoms with Crippen molar-refractivity contribution in [3.63, 3.8) is 0 Å². The van der Waals surface area contributed by atoms with Crippen molar-refractivity contribution in [3.8, 4) is 0 Å². The maximum Gasteiger partial charge on any atom is 0.0599 e. The molecule has 16 heavy (non-hydrogen) atoms. The first-order valence-electron chi connectivity index (χ1n) is 5.87. The lowest BCUT2D eigenvalue weighted by Gasteiger charge is -2.19. The van der Waals surface area contributed by atoms with Crippen LogP contribution in [0.2, 0.25) is 0 Å². The van der Waals surface area contributed by atoms with Crippen LogP contribution in [0.4, 0.5) is 0 Å². The van der Waals surface area contributed by atoms with Gasteiger partial charge in [0.15, 0.2) is 0 Å². The number of rotatable bonds is 5. The molecule has 1 aromatic carbocycles. The van der Waals surface area contributed by atoms with Gasteiger partial charge in [-0.15, -0.1) is 0 Å². The second-order valence-electron chi connectivity index (χ2n) is 5.13. The fourth-order valence-corrected chi connectivity index (χ4v) is 1.48. The van der Waals surface area contributed by atoms with Crippen molar-refractivity contribution >= 4 is 0 Å². The Morgan fingerprint density at radius 1 is 1.25 bits per heavy atom. The smallest absolute Gasteiger partial charge is 0.0599 e. The van der Waals surface area contributed by atoms with Crippen LogP contribution in [0, 0.1) is 6.92 Å². The summed E-state index contributed by atoms with van der Waals surface area (Å²) >= 11 is 0. The lowest BCUT2D eigenvalue weighted by Crippen LogP contribution is -2.26. The van der Waals surface area contributed by atoms with E-state index in [1.54, 1.807) is 0 Å². The van der Waals surface area contributed by atoms with Crippen molar-refractivity contribution in [2.75, 3.05) is 13.2 Å². The Balaban J connectivity index is 2.17. The van der Waals surface area contributed by atoms with Crippen molar-refractivity contribution < 1.29 is 4.74 Å². The third-order valence-corrected chi connectivity index (χ3v) is 2.23. The first-order chi connectivity index (χ1) is 7.47. The van der Waals surface area contributed by atoms with Gasteiger partial charge in [-0.05, 0) is 33.3 Å². The molecular formula is C14H23NO. The average molecular weight is 221 g/mol. The van der Waals surface area contributed by atoms with Crippen LogP contribution in [0.5, 0.6) is 0 Å². The van der Waals surface area contributed by atoms with Crippen molar-refractivity contribution in [1.82, 2.24) is 5.32 Å². The molecule has 0 saturated carbocycles. The molecule has 0 aliphatic carbocycles. The van der Waals surface area contributed by atoms with Crippen LogP contribution in [0.3, 0.4) is 0 Å². The molecule has 0 spiro atoms. The Morgan fingerprint density at radius 2 is 2.00 bits per heavy atom. The highest BCUT2D eigenvalue weighted by Gasteiger charge is 2.08. The highest BCUT2D eigenvalue weighted by Crippen LogP contribution is 2.05. The molecule has 0 fully saturated rings. The van der Waals surface area contributed by atoms with Crippen molar-refractivity contribution in [1.29, 1.82) is 0 Å². The topological polar surface area (TPSA) is 21.3 Å².